The summed E-state index contributed by atoms with van der Waals surface area (Å²) in [6, 6.07) is 0.370. The van der Waals surface area contributed by atoms with Crippen LogP contribution < -0.4 is 5.32 Å². The van der Waals surface area contributed by atoms with Gasteiger partial charge in [-0.1, -0.05) is 13.8 Å². The number of nitrogens with zero attached hydrogens (tertiary/aromatic N) is 2. The third-order valence-electron chi connectivity index (χ3n) is 3.36. The van der Waals surface area contributed by atoms with Gasteiger partial charge in [0.15, 0.2) is 0 Å². The van der Waals surface area contributed by atoms with Gasteiger partial charge >= 0.3 is 0 Å². The summed E-state index contributed by atoms with van der Waals surface area (Å²) >= 11 is 0. The fraction of sp³-hybridized carbons (Fsp3) is 0.636. The van der Waals surface area contributed by atoms with Crippen molar-refractivity contribution in [1.82, 2.24) is 15.3 Å². The van der Waals surface area contributed by atoms with E-state index in [9.17, 15) is 5.11 Å². The smallest absolute Gasteiger partial charge is 0.0724 e. The van der Waals surface area contributed by atoms with Crippen LogP contribution in [0.15, 0.2) is 18.6 Å². The van der Waals surface area contributed by atoms with Crippen LogP contribution in [0.4, 0.5) is 0 Å². The number of hydrogen-bond donors (Lipinski definition) is 2. The second-order valence-corrected chi connectivity index (χ2v) is 4.70. The highest BCUT2D eigenvalue weighted by atomic mass is 16.3. The number of hydrogen-bond acceptors (Lipinski definition) is 4. The van der Waals surface area contributed by atoms with Crippen LogP contribution in [0.3, 0.4) is 0 Å². The third-order valence-corrected chi connectivity index (χ3v) is 3.36. The predicted molar refractivity (Wildman–Crippen MR) is 57.1 cm³/mol. The largest absolute Gasteiger partial charge is 0.392 e. The first-order valence-electron chi connectivity index (χ1n) is 5.27. The van der Waals surface area contributed by atoms with Crippen LogP contribution in [-0.4, -0.2) is 27.2 Å². The SMILES string of the molecule is CC1(C)C(O)CC1NCc1cnccn1. The van der Waals surface area contributed by atoms with Crippen molar-refractivity contribution in [3.05, 3.63) is 24.3 Å². The fourth-order valence-electron chi connectivity index (χ4n) is 1.90. The van der Waals surface area contributed by atoms with Crippen LogP contribution in [0, 0.1) is 5.41 Å². The number of aliphatic hydroxyl groups excluding tert-OH is 1. The third kappa shape index (κ3) is 2.01. The van der Waals surface area contributed by atoms with Crippen molar-refractivity contribution in [3.8, 4) is 0 Å². The lowest BCUT2D eigenvalue weighted by atomic mass is 9.64. The van der Waals surface area contributed by atoms with E-state index in [2.05, 4.69) is 29.1 Å². The summed E-state index contributed by atoms with van der Waals surface area (Å²) in [4.78, 5) is 8.19. The van der Waals surface area contributed by atoms with Crippen LogP contribution in [0.5, 0.6) is 0 Å². The maximum Gasteiger partial charge on any atom is 0.0724 e. The molecule has 1 heterocycles. The minimum absolute atomic E-state index is 0.0256. The molecule has 0 spiro atoms. The molecule has 15 heavy (non-hydrogen) atoms. The average molecular weight is 207 g/mol. The van der Waals surface area contributed by atoms with Crippen LogP contribution in [-0.2, 0) is 6.54 Å². The van der Waals surface area contributed by atoms with Crippen molar-refractivity contribution in [3.63, 3.8) is 0 Å². The lowest BCUT2D eigenvalue weighted by Crippen LogP contribution is -2.59. The van der Waals surface area contributed by atoms with Crippen molar-refractivity contribution in [2.75, 3.05) is 0 Å². The van der Waals surface area contributed by atoms with Gasteiger partial charge in [-0.25, -0.2) is 0 Å². The van der Waals surface area contributed by atoms with Gasteiger partial charge in [0.05, 0.1) is 11.8 Å². The fourth-order valence-corrected chi connectivity index (χ4v) is 1.90. The quantitative estimate of drug-likeness (QED) is 0.767. The van der Waals surface area contributed by atoms with Crippen molar-refractivity contribution in [2.24, 2.45) is 5.41 Å². The Kier molecular flexibility index (Phi) is 2.71. The number of rotatable bonds is 3. The van der Waals surface area contributed by atoms with Crippen LogP contribution in [0.1, 0.15) is 26.0 Å². The van der Waals surface area contributed by atoms with Crippen molar-refractivity contribution < 1.29 is 5.11 Å². The Balaban J connectivity index is 1.85. The molecular formula is C11H17N3O. The Morgan fingerprint density at radius 3 is 2.87 bits per heavy atom. The first kappa shape index (κ1) is 10.5. The molecule has 4 nitrogen and oxygen atoms in total. The molecule has 4 heteroatoms. The summed E-state index contributed by atoms with van der Waals surface area (Å²) in [6.07, 6.45) is 5.76. The maximum atomic E-state index is 9.58. The first-order valence-corrected chi connectivity index (χ1v) is 5.27. The summed E-state index contributed by atoms with van der Waals surface area (Å²) in [5.41, 5.74) is 0.914. The molecule has 1 aromatic rings. The topological polar surface area (TPSA) is 58.0 Å². The molecule has 2 atom stereocenters. The molecule has 2 unspecified atom stereocenters. The molecule has 1 aromatic heterocycles. The number of nitrogens with one attached hydrogen (secondary N) is 1. The zero-order chi connectivity index (χ0) is 10.9. The van der Waals surface area contributed by atoms with Gasteiger partial charge in [-0.3, -0.25) is 9.97 Å². The summed E-state index contributed by atoms with van der Waals surface area (Å²) in [5, 5.41) is 13.0. The average Bonchev–Trinajstić information content (AvgIpc) is 2.25. The minimum atomic E-state index is -0.183. The maximum absolute atomic E-state index is 9.58. The van der Waals surface area contributed by atoms with E-state index < -0.39 is 0 Å². The van der Waals surface area contributed by atoms with Gasteiger partial charge in [0.2, 0.25) is 0 Å². The molecule has 0 aliphatic heterocycles. The minimum Gasteiger partial charge on any atom is -0.392 e. The van der Waals surface area contributed by atoms with Crippen LogP contribution in [0.2, 0.25) is 0 Å². The highest BCUT2D eigenvalue weighted by Crippen LogP contribution is 2.40. The zero-order valence-corrected chi connectivity index (χ0v) is 9.14. The Bertz CT molecular complexity index is 326. The van der Waals surface area contributed by atoms with Gasteiger partial charge in [-0.2, -0.15) is 0 Å². The summed E-state index contributed by atoms with van der Waals surface area (Å²) in [7, 11) is 0. The molecule has 2 rings (SSSR count). The highest BCUT2D eigenvalue weighted by Gasteiger charge is 2.46. The molecule has 1 aliphatic rings. The van der Waals surface area contributed by atoms with Crippen molar-refractivity contribution in [2.45, 2.75) is 39.0 Å². The first-order chi connectivity index (χ1) is 7.10. The lowest BCUT2D eigenvalue weighted by Gasteiger charge is -2.49. The monoisotopic (exact) mass is 207 g/mol. The van der Waals surface area contributed by atoms with E-state index in [1.54, 1.807) is 18.6 Å². The Morgan fingerprint density at radius 1 is 1.53 bits per heavy atom. The van der Waals surface area contributed by atoms with E-state index in [-0.39, 0.29) is 11.5 Å². The Morgan fingerprint density at radius 2 is 2.33 bits per heavy atom. The van der Waals surface area contributed by atoms with Crippen LogP contribution >= 0.6 is 0 Å². The molecule has 0 saturated heterocycles. The van der Waals surface area contributed by atoms with E-state index >= 15 is 0 Å². The van der Waals surface area contributed by atoms with Gasteiger partial charge in [0.1, 0.15) is 0 Å². The highest BCUT2D eigenvalue weighted by molar-refractivity contribution is 5.03. The van der Waals surface area contributed by atoms with E-state index in [0.29, 0.717) is 12.6 Å². The van der Waals surface area contributed by atoms with Crippen molar-refractivity contribution >= 4 is 0 Å². The molecule has 0 bridgehead atoms. The van der Waals surface area contributed by atoms with Gasteiger partial charge in [0.25, 0.3) is 0 Å². The molecule has 0 radical (unpaired) electrons. The van der Waals surface area contributed by atoms with Gasteiger partial charge in [-0.15, -0.1) is 0 Å². The Hall–Kier alpha value is -1.00. The predicted octanol–water partition coefficient (Wildman–Crippen LogP) is 0.726. The molecule has 1 fully saturated rings. The van der Waals surface area contributed by atoms with E-state index in [4.69, 9.17) is 0 Å². The van der Waals surface area contributed by atoms with Gasteiger partial charge in [-0.05, 0) is 6.42 Å². The molecular weight excluding hydrogens is 190 g/mol. The summed E-state index contributed by atoms with van der Waals surface area (Å²) in [6.45, 7) is 4.87. The molecule has 82 valence electrons. The molecule has 1 aliphatic carbocycles. The second kappa shape index (κ2) is 3.87. The molecule has 0 amide bonds. The van der Waals surface area contributed by atoms with E-state index in [0.717, 1.165) is 12.1 Å². The summed E-state index contributed by atoms with van der Waals surface area (Å²) < 4.78 is 0. The molecule has 1 saturated carbocycles. The zero-order valence-electron chi connectivity index (χ0n) is 9.14. The molecule has 2 N–H and O–H groups in total. The second-order valence-electron chi connectivity index (χ2n) is 4.70. The van der Waals surface area contributed by atoms with Gasteiger partial charge < -0.3 is 10.4 Å². The summed E-state index contributed by atoms with van der Waals surface area (Å²) in [5.74, 6) is 0. The van der Waals surface area contributed by atoms with E-state index in [1.165, 1.54) is 0 Å². The number of aliphatic hydroxyl groups is 1. The van der Waals surface area contributed by atoms with Crippen LogP contribution in [0.25, 0.3) is 0 Å². The van der Waals surface area contributed by atoms with E-state index in [1.807, 2.05) is 0 Å². The van der Waals surface area contributed by atoms with Gasteiger partial charge in [0, 0.05) is 36.6 Å². The van der Waals surface area contributed by atoms with Crippen molar-refractivity contribution in [1.29, 1.82) is 0 Å². The normalized spacial score (nSPS) is 28.5. The number of aromatic nitrogens is 2. The standard InChI is InChI=1S/C11H17N3O/c1-11(2)9(5-10(11)15)14-7-8-6-12-3-4-13-8/h3-4,6,9-10,14-15H,5,7H2,1-2H3. The molecule has 0 aromatic carbocycles. The Labute approximate surface area is 89.8 Å². The lowest BCUT2D eigenvalue weighted by molar-refractivity contribution is -0.0730.